The molecule has 4 rings (SSSR count). The predicted molar refractivity (Wildman–Crippen MR) is 120 cm³/mol. The molecule has 0 saturated heterocycles. The summed E-state index contributed by atoms with van der Waals surface area (Å²) in [5.41, 5.74) is 3.29. The van der Waals surface area contributed by atoms with Crippen molar-refractivity contribution in [2.45, 2.75) is 32.1 Å². The molecule has 1 aliphatic heterocycles. The van der Waals surface area contributed by atoms with Gasteiger partial charge >= 0.3 is 6.03 Å². The van der Waals surface area contributed by atoms with Gasteiger partial charge in [0.2, 0.25) is 5.91 Å². The molecule has 0 aromatic heterocycles. The highest BCUT2D eigenvalue weighted by Crippen LogP contribution is 2.29. The van der Waals surface area contributed by atoms with E-state index in [0.29, 0.717) is 30.3 Å². The SMILES string of the molecule is O=C(CNC(=O)NCC1CCCC1)Nc1ccc(C(=O)N2CCc3ccccc32)cc1. The third kappa shape index (κ3) is 5.23. The van der Waals surface area contributed by atoms with E-state index in [9.17, 15) is 14.4 Å². The highest BCUT2D eigenvalue weighted by atomic mass is 16.2. The number of urea groups is 1. The Morgan fingerprint density at radius 2 is 1.68 bits per heavy atom. The van der Waals surface area contributed by atoms with E-state index in [0.717, 1.165) is 24.9 Å². The Balaban J connectivity index is 1.24. The largest absolute Gasteiger partial charge is 0.338 e. The van der Waals surface area contributed by atoms with Crippen LogP contribution in [0.25, 0.3) is 0 Å². The van der Waals surface area contributed by atoms with Gasteiger partial charge in [-0.15, -0.1) is 0 Å². The van der Waals surface area contributed by atoms with Crippen LogP contribution in [-0.4, -0.2) is 37.5 Å². The molecule has 2 aliphatic rings. The Labute approximate surface area is 182 Å². The second kappa shape index (κ2) is 9.64. The number of hydrogen-bond donors (Lipinski definition) is 3. The van der Waals surface area contributed by atoms with E-state index in [1.807, 2.05) is 24.3 Å². The van der Waals surface area contributed by atoms with Crippen LogP contribution in [0.5, 0.6) is 0 Å². The number of anilines is 2. The number of nitrogens with zero attached hydrogens (tertiary/aromatic N) is 1. The number of hydrogen-bond acceptors (Lipinski definition) is 3. The van der Waals surface area contributed by atoms with Crippen molar-refractivity contribution < 1.29 is 14.4 Å². The van der Waals surface area contributed by atoms with Crippen molar-refractivity contribution >= 4 is 29.2 Å². The van der Waals surface area contributed by atoms with E-state index in [4.69, 9.17) is 0 Å². The van der Waals surface area contributed by atoms with Crippen molar-refractivity contribution in [2.75, 3.05) is 29.9 Å². The summed E-state index contributed by atoms with van der Waals surface area (Å²) in [7, 11) is 0. The average Bonchev–Trinajstić information content (AvgIpc) is 3.46. The first kappa shape index (κ1) is 20.9. The number of benzene rings is 2. The number of nitrogens with one attached hydrogen (secondary N) is 3. The van der Waals surface area contributed by atoms with Crippen LogP contribution in [0.1, 0.15) is 41.6 Å². The van der Waals surface area contributed by atoms with Crippen LogP contribution >= 0.6 is 0 Å². The van der Waals surface area contributed by atoms with Gasteiger partial charge in [-0.3, -0.25) is 9.59 Å². The molecule has 1 aliphatic carbocycles. The van der Waals surface area contributed by atoms with Crippen LogP contribution in [-0.2, 0) is 11.2 Å². The molecule has 1 fully saturated rings. The van der Waals surface area contributed by atoms with Crippen LogP contribution in [0.2, 0.25) is 0 Å². The Hall–Kier alpha value is -3.35. The zero-order valence-electron chi connectivity index (χ0n) is 17.5. The van der Waals surface area contributed by atoms with Gasteiger partial charge in [-0.05, 0) is 61.1 Å². The number of fused-ring (bicyclic) bond motifs is 1. The number of para-hydroxylation sites is 1. The van der Waals surface area contributed by atoms with Gasteiger partial charge in [0, 0.05) is 30.0 Å². The van der Waals surface area contributed by atoms with Crippen molar-refractivity contribution in [3.05, 3.63) is 59.7 Å². The maximum Gasteiger partial charge on any atom is 0.315 e. The molecule has 4 amide bonds. The van der Waals surface area contributed by atoms with E-state index < -0.39 is 0 Å². The molecule has 3 N–H and O–H groups in total. The zero-order valence-corrected chi connectivity index (χ0v) is 17.5. The van der Waals surface area contributed by atoms with Gasteiger partial charge in [0.15, 0.2) is 0 Å². The summed E-state index contributed by atoms with van der Waals surface area (Å²) in [5.74, 6) is 0.182. The standard InChI is InChI=1S/C24H28N4O3/c29-22(16-26-24(31)25-15-17-5-1-2-6-17)27-20-11-9-19(10-12-20)23(30)28-14-13-18-7-3-4-8-21(18)28/h3-4,7-12,17H,1-2,5-6,13-16H2,(H,27,29)(H2,25,26,31). The first-order valence-corrected chi connectivity index (χ1v) is 10.9. The van der Waals surface area contributed by atoms with Gasteiger partial charge < -0.3 is 20.9 Å². The lowest BCUT2D eigenvalue weighted by Crippen LogP contribution is -2.41. The van der Waals surface area contributed by atoms with Gasteiger partial charge in [-0.2, -0.15) is 0 Å². The molecular weight excluding hydrogens is 392 g/mol. The lowest BCUT2D eigenvalue weighted by Gasteiger charge is -2.17. The monoisotopic (exact) mass is 420 g/mol. The highest BCUT2D eigenvalue weighted by molar-refractivity contribution is 6.07. The van der Waals surface area contributed by atoms with Crippen molar-refractivity contribution in [2.24, 2.45) is 5.92 Å². The van der Waals surface area contributed by atoms with Crippen LogP contribution < -0.4 is 20.9 Å². The molecule has 162 valence electrons. The molecule has 7 heteroatoms. The van der Waals surface area contributed by atoms with Gasteiger partial charge in [0.1, 0.15) is 0 Å². The van der Waals surface area contributed by atoms with E-state index >= 15 is 0 Å². The number of carbonyl (C=O) groups excluding carboxylic acids is 3. The van der Waals surface area contributed by atoms with Crippen LogP contribution in [0.3, 0.4) is 0 Å². The molecule has 0 radical (unpaired) electrons. The number of carbonyl (C=O) groups is 3. The number of amides is 4. The Kier molecular flexibility index (Phi) is 6.50. The molecule has 0 atom stereocenters. The maximum atomic E-state index is 12.9. The Morgan fingerprint density at radius 3 is 2.45 bits per heavy atom. The lowest BCUT2D eigenvalue weighted by atomic mass is 10.1. The van der Waals surface area contributed by atoms with Crippen molar-refractivity contribution in [1.82, 2.24) is 10.6 Å². The Bertz CT molecular complexity index is 952. The van der Waals surface area contributed by atoms with Crippen molar-refractivity contribution in [1.29, 1.82) is 0 Å². The van der Waals surface area contributed by atoms with E-state index in [1.165, 1.54) is 18.4 Å². The molecule has 0 spiro atoms. The van der Waals surface area contributed by atoms with Crippen molar-refractivity contribution in [3.8, 4) is 0 Å². The van der Waals surface area contributed by atoms with Crippen LogP contribution in [0, 0.1) is 5.92 Å². The van der Waals surface area contributed by atoms with Gasteiger partial charge in [0.05, 0.1) is 6.54 Å². The summed E-state index contributed by atoms with van der Waals surface area (Å²) in [6, 6.07) is 14.4. The number of rotatable bonds is 6. The van der Waals surface area contributed by atoms with Gasteiger partial charge in [-0.1, -0.05) is 31.0 Å². The van der Waals surface area contributed by atoms with Crippen molar-refractivity contribution in [3.63, 3.8) is 0 Å². The average molecular weight is 421 g/mol. The highest BCUT2D eigenvalue weighted by Gasteiger charge is 2.25. The third-order valence-electron chi connectivity index (χ3n) is 5.98. The summed E-state index contributed by atoms with van der Waals surface area (Å²) in [5, 5.41) is 8.14. The van der Waals surface area contributed by atoms with E-state index in [2.05, 4.69) is 16.0 Å². The molecule has 0 bridgehead atoms. The quantitative estimate of drug-likeness (QED) is 0.670. The molecule has 2 aromatic rings. The van der Waals surface area contributed by atoms with Gasteiger partial charge in [-0.25, -0.2) is 4.79 Å². The normalized spacial score (nSPS) is 15.4. The van der Waals surface area contributed by atoms with E-state index in [1.54, 1.807) is 29.2 Å². The summed E-state index contributed by atoms with van der Waals surface area (Å²) in [6.07, 6.45) is 5.63. The van der Waals surface area contributed by atoms with E-state index in [-0.39, 0.29) is 24.4 Å². The van der Waals surface area contributed by atoms with Crippen LogP contribution in [0.4, 0.5) is 16.2 Å². The summed E-state index contributed by atoms with van der Waals surface area (Å²) < 4.78 is 0. The zero-order chi connectivity index (χ0) is 21.6. The topological polar surface area (TPSA) is 90.5 Å². The second-order valence-electron chi connectivity index (χ2n) is 8.18. The molecule has 2 aromatic carbocycles. The minimum Gasteiger partial charge on any atom is -0.338 e. The fourth-order valence-electron chi connectivity index (χ4n) is 4.28. The molecule has 0 unspecified atom stereocenters. The molecule has 1 heterocycles. The minimum atomic E-state index is -0.325. The lowest BCUT2D eigenvalue weighted by molar-refractivity contribution is -0.115. The fraction of sp³-hybridized carbons (Fsp3) is 0.375. The first-order chi connectivity index (χ1) is 15.1. The second-order valence-corrected chi connectivity index (χ2v) is 8.18. The summed E-state index contributed by atoms with van der Waals surface area (Å²) in [6.45, 7) is 1.22. The molecule has 1 saturated carbocycles. The first-order valence-electron chi connectivity index (χ1n) is 10.9. The predicted octanol–water partition coefficient (Wildman–Crippen LogP) is 3.32. The molecular formula is C24H28N4O3. The fourth-order valence-corrected chi connectivity index (χ4v) is 4.28. The smallest absolute Gasteiger partial charge is 0.315 e. The summed E-state index contributed by atoms with van der Waals surface area (Å²) in [4.78, 5) is 38.6. The third-order valence-corrected chi connectivity index (χ3v) is 5.98. The maximum absolute atomic E-state index is 12.9. The molecule has 7 nitrogen and oxygen atoms in total. The Morgan fingerprint density at radius 1 is 0.935 bits per heavy atom. The summed E-state index contributed by atoms with van der Waals surface area (Å²) >= 11 is 0. The van der Waals surface area contributed by atoms with Crippen LogP contribution in [0.15, 0.2) is 48.5 Å². The van der Waals surface area contributed by atoms with Gasteiger partial charge in [0.25, 0.3) is 5.91 Å². The molecule has 31 heavy (non-hydrogen) atoms. The minimum absolute atomic E-state index is 0.0524.